The minimum atomic E-state index is -0.167. The minimum Gasteiger partial charge on any atom is -0.353 e. The summed E-state index contributed by atoms with van der Waals surface area (Å²) in [6.45, 7) is 5.72. The molecular weight excluding hydrogens is 234 g/mol. The molecule has 0 fully saturated rings. The number of hydrogen-bond acceptors (Lipinski definition) is 3. The molecule has 0 aliphatic rings. The fourth-order valence-electron chi connectivity index (χ4n) is 1.32. The second-order valence-corrected chi connectivity index (χ2v) is 5.53. The highest BCUT2D eigenvalue weighted by atomic mass is 32.2. The molecule has 1 atom stereocenters. The summed E-state index contributed by atoms with van der Waals surface area (Å²) < 4.78 is 0. The summed E-state index contributed by atoms with van der Waals surface area (Å²) in [6, 6.07) is 7.40. The van der Waals surface area contributed by atoms with Crippen LogP contribution < -0.4 is 5.32 Å². The maximum absolute atomic E-state index is 11.7. The molecule has 1 rings (SSSR count). The lowest BCUT2D eigenvalue weighted by Crippen LogP contribution is -2.35. The van der Waals surface area contributed by atoms with Crippen LogP contribution in [0.3, 0.4) is 0 Å². The maximum atomic E-state index is 11.7. The van der Waals surface area contributed by atoms with E-state index >= 15 is 0 Å². The van der Waals surface area contributed by atoms with Gasteiger partial charge in [0.05, 0.1) is 5.25 Å². The molecule has 0 heterocycles. The van der Waals surface area contributed by atoms with Gasteiger partial charge in [-0.3, -0.25) is 9.59 Å². The number of carbonyl (C=O) groups is 2. The molecule has 1 aromatic carbocycles. The molecule has 92 valence electrons. The molecule has 0 aliphatic heterocycles. The Hall–Kier alpha value is -1.29. The Labute approximate surface area is 106 Å². The standard InChI is InChI=1S/C13H17NO2S/c1-9(2)14-13(16)10(3)17-12-6-4-5-11(7-12)8-15/h4-10H,1-3H3,(H,14,16). The van der Waals surface area contributed by atoms with Crippen LogP contribution >= 0.6 is 11.8 Å². The molecule has 1 unspecified atom stereocenters. The van der Waals surface area contributed by atoms with Crippen LogP contribution in [0, 0.1) is 0 Å². The highest BCUT2D eigenvalue weighted by molar-refractivity contribution is 8.00. The molecule has 4 heteroatoms. The quantitative estimate of drug-likeness (QED) is 0.646. The van der Waals surface area contributed by atoms with Crippen LogP contribution in [-0.2, 0) is 4.79 Å². The van der Waals surface area contributed by atoms with Crippen LogP contribution in [0.25, 0.3) is 0 Å². The molecule has 0 saturated carbocycles. The van der Waals surface area contributed by atoms with Crippen molar-refractivity contribution in [3.63, 3.8) is 0 Å². The van der Waals surface area contributed by atoms with E-state index in [2.05, 4.69) is 5.32 Å². The van der Waals surface area contributed by atoms with Gasteiger partial charge >= 0.3 is 0 Å². The smallest absolute Gasteiger partial charge is 0.233 e. The van der Waals surface area contributed by atoms with E-state index < -0.39 is 0 Å². The monoisotopic (exact) mass is 251 g/mol. The van der Waals surface area contributed by atoms with Crippen LogP contribution in [0.2, 0.25) is 0 Å². The Morgan fingerprint density at radius 1 is 1.35 bits per heavy atom. The van der Waals surface area contributed by atoms with Gasteiger partial charge in [0, 0.05) is 16.5 Å². The van der Waals surface area contributed by atoms with E-state index in [1.165, 1.54) is 11.8 Å². The highest BCUT2D eigenvalue weighted by Gasteiger charge is 2.14. The molecule has 0 aromatic heterocycles. The molecular formula is C13H17NO2S. The van der Waals surface area contributed by atoms with Gasteiger partial charge in [0.1, 0.15) is 6.29 Å². The van der Waals surface area contributed by atoms with Gasteiger partial charge in [0.15, 0.2) is 0 Å². The zero-order valence-corrected chi connectivity index (χ0v) is 11.1. The third-order valence-corrected chi connectivity index (χ3v) is 3.20. The highest BCUT2D eigenvalue weighted by Crippen LogP contribution is 2.23. The van der Waals surface area contributed by atoms with Gasteiger partial charge in [-0.05, 0) is 32.9 Å². The van der Waals surface area contributed by atoms with Crippen LogP contribution in [0.15, 0.2) is 29.2 Å². The van der Waals surface area contributed by atoms with E-state index in [-0.39, 0.29) is 17.2 Å². The fraction of sp³-hybridized carbons (Fsp3) is 0.385. The first-order valence-corrected chi connectivity index (χ1v) is 6.43. The van der Waals surface area contributed by atoms with Crippen molar-refractivity contribution in [2.45, 2.75) is 37.0 Å². The molecule has 1 N–H and O–H groups in total. The van der Waals surface area contributed by atoms with Gasteiger partial charge in [-0.15, -0.1) is 11.8 Å². The van der Waals surface area contributed by atoms with Gasteiger partial charge in [-0.25, -0.2) is 0 Å². The van der Waals surface area contributed by atoms with E-state index in [1.54, 1.807) is 12.1 Å². The summed E-state index contributed by atoms with van der Waals surface area (Å²) in [5, 5.41) is 2.69. The first-order chi connectivity index (χ1) is 8.02. The number of hydrogen-bond donors (Lipinski definition) is 1. The Morgan fingerprint density at radius 3 is 2.65 bits per heavy atom. The molecule has 1 aromatic rings. The second kappa shape index (κ2) is 6.45. The lowest BCUT2D eigenvalue weighted by atomic mass is 10.2. The first kappa shape index (κ1) is 13.8. The SMILES string of the molecule is CC(C)NC(=O)C(C)Sc1cccc(C=O)c1. The summed E-state index contributed by atoms with van der Waals surface area (Å²) >= 11 is 1.45. The van der Waals surface area contributed by atoms with Gasteiger partial charge in [0.2, 0.25) is 5.91 Å². The third-order valence-electron chi connectivity index (χ3n) is 2.11. The number of thioether (sulfide) groups is 1. The number of benzene rings is 1. The van der Waals surface area contributed by atoms with E-state index in [9.17, 15) is 9.59 Å². The summed E-state index contributed by atoms with van der Waals surface area (Å²) in [5.41, 5.74) is 0.631. The van der Waals surface area contributed by atoms with Gasteiger partial charge in [-0.1, -0.05) is 12.1 Å². The number of aldehydes is 1. The molecule has 0 aliphatic carbocycles. The van der Waals surface area contributed by atoms with Crippen molar-refractivity contribution in [2.24, 2.45) is 0 Å². The van der Waals surface area contributed by atoms with Crippen molar-refractivity contribution in [1.29, 1.82) is 0 Å². The molecule has 0 saturated heterocycles. The Morgan fingerprint density at radius 2 is 2.06 bits per heavy atom. The van der Waals surface area contributed by atoms with E-state index in [4.69, 9.17) is 0 Å². The number of carbonyl (C=O) groups excluding carboxylic acids is 2. The zero-order chi connectivity index (χ0) is 12.8. The van der Waals surface area contributed by atoms with Crippen LogP contribution in [0.4, 0.5) is 0 Å². The predicted molar refractivity (Wildman–Crippen MR) is 70.4 cm³/mol. The topological polar surface area (TPSA) is 46.2 Å². The van der Waals surface area contributed by atoms with E-state index in [1.807, 2.05) is 32.9 Å². The molecule has 0 spiro atoms. The van der Waals surface area contributed by atoms with Gasteiger partial charge < -0.3 is 5.32 Å². The first-order valence-electron chi connectivity index (χ1n) is 5.55. The average molecular weight is 251 g/mol. The van der Waals surface area contributed by atoms with Crippen molar-refractivity contribution in [2.75, 3.05) is 0 Å². The van der Waals surface area contributed by atoms with Crippen molar-refractivity contribution in [3.8, 4) is 0 Å². The molecule has 0 bridgehead atoms. The van der Waals surface area contributed by atoms with Crippen LogP contribution in [-0.4, -0.2) is 23.5 Å². The Kier molecular flexibility index (Phi) is 5.22. The normalized spacial score (nSPS) is 12.2. The largest absolute Gasteiger partial charge is 0.353 e. The van der Waals surface area contributed by atoms with Gasteiger partial charge in [-0.2, -0.15) is 0 Å². The maximum Gasteiger partial charge on any atom is 0.233 e. The molecule has 3 nitrogen and oxygen atoms in total. The number of nitrogens with one attached hydrogen (secondary N) is 1. The third kappa shape index (κ3) is 4.61. The average Bonchev–Trinajstić information content (AvgIpc) is 2.28. The number of rotatable bonds is 5. The summed E-state index contributed by atoms with van der Waals surface area (Å²) in [4.78, 5) is 23.3. The molecule has 17 heavy (non-hydrogen) atoms. The van der Waals surface area contributed by atoms with E-state index in [0.29, 0.717) is 5.56 Å². The lowest BCUT2D eigenvalue weighted by Gasteiger charge is -2.14. The number of amides is 1. The predicted octanol–water partition coefficient (Wildman–Crippen LogP) is 2.50. The van der Waals surface area contributed by atoms with Crippen LogP contribution in [0.1, 0.15) is 31.1 Å². The van der Waals surface area contributed by atoms with Crippen molar-refractivity contribution >= 4 is 24.0 Å². The summed E-state index contributed by atoms with van der Waals surface area (Å²) in [6.07, 6.45) is 0.808. The fourth-order valence-corrected chi connectivity index (χ4v) is 2.27. The Balaban J connectivity index is 2.63. The summed E-state index contributed by atoms with van der Waals surface area (Å²) in [5.74, 6) is 0.0153. The van der Waals surface area contributed by atoms with Crippen LogP contribution in [0.5, 0.6) is 0 Å². The summed E-state index contributed by atoms with van der Waals surface area (Å²) in [7, 11) is 0. The molecule has 1 amide bonds. The second-order valence-electron chi connectivity index (χ2n) is 4.11. The zero-order valence-electron chi connectivity index (χ0n) is 10.3. The van der Waals surface area contributed by atoms with E-state index in [0.717, 1.165) is 11.2 Å². The molecule has 0 radical (unpaired) electrons. The lowest BCUT2D eigenvalue weighted by molar-refractivity contribution is -0.120. The van der Waals surface area contributed by atoms with Crippen molar-refractivity contribution in [1.82, 2.24) is 5.32 Å². The van der Waals surface area contributed by atoms with Crippen molar-refractivity contribution < 1.29 is 9.59 Å². The van der Waals surface area contributed by atoms with Gasteiger partial charge in [0.25, 0.3) is 0 Å². The Bertz CT molecular complexity index is 404. The minimum absolute atomic E-state index is 0.0153. The van der Waals surface area contributed by atoms with Crippen molar-refractivity contribution in [3.05, 3.63) is 29.8 Å².